The molecule has 0 bridgehead atoms. The number of thioether (sulfide) groups is 1. The minimum Gasteiger partial charge on any atom is -0.459 e. The zero-order valence-corrected chi connectivity index (χ0v) is 14.3. The number of para-hydroxylation sites is 1. The molecule has 0 radical (unpaired) electrons. The predicted octanol–water partition coefficient (Wildman–Crippen LogP) is 4.51. The summed E-state index contributed by atoms with van der Waals surface area (Å²) in [6.07, 6.45) is 3.40. The van der Waals surface area contributed by atoms with Crippen LogP contribution in [0, 0.1) is 0 Å². The van der Waals surface area contributed by atoms with Crippen molar-refractivity contribution in [2.45, 2.75) is 4.90 Å². The number of hydrogen-bond donors (Lipinski definition) is 2. The summed E-state index contributed by atoms with van der Waals surface area (Å²) in [6.45, 7) is 0. The average Bonchev–Trinajstić information content (AvgIpc) is 3.17. The Morgan fingerprint density at radius 2 is 1.64 bits per heavy atom. The predicted molar refractivity (Wildman–Crippen MR) is 99.3 cm³/mol. The number of nitrogens with one attached hydrogen (secondary N) is 2. The monoisotopic (exact) mass is 352 g/mol. The summed E-state index contributed by atoms with van der Waals surface area (Å²) < 4.78 is 5.04. The van der Waals surface area contributed by atoms with Crippen LogP contribution in [-0.2, 0) is 0 Å². The van der Waals surface area contributed by atoms with Crippen LogP contribution < -0.4 is 10.6 Å². The molecule has 1 heterocycles. The molecule has 0 aliphatic rings. The van der Waals surface area contributed by atoms with Gasteiger partial charge in [0, 0.05) is 16.1 Å². The van der Waals surface area contributed by atoms with Gasteiger partial charge in [0.2, 0.25) is 0 Å². The zero-order chi connectivity index (χ0) is 17.6. The first-order valence-electron chi connectivity index (χ1n) is 7.56. The molecule has 2 aromatic carbocycles. The van der Waals surface area contributed by atoms with Crippen molar-refractivity contribution in [2.24, 2.45) is 0 Å². The molecule has 5 nitrogen and oxygen atoms in total. The molecule has 0 spiro atoms. The van der Waals surface area contributed by atoms with Gasteiger partial charge in [-0.1, -0.05) is 12.1 Å². The van der Waals surface area contributed by atoms with Crippen molar-refractivity contribution in [3.63, 3.8) is 0 Å². The Balaban J connectivity index is 1.67. The van der Waals surface area contributed by atoms with E-state index in [-0.39, 0.29) is 17.6 Å². The molecule has 25 heavy (non-hydrogen) atoms. The van der Waals surface area contributed by atoms with Crippen LogP contribution in [0.5, 0.6) is 0 Å². The Bertz CT molecular complexity index is 874. The lowest BCUT2D eigenvalue weighted by atomic mass is 10.2. The second-order valence-electron chi connectivity index (χ2n) is 5.16. The fourth-order valence-corrected chi connectivity index (χ4v) is 2.80. The van der Waals surface area contributed by atoms with Crippen LogP contribution >= 0.6 is 11.8 Å². The molecular weight excluding hydrogens is 336 g/mol. The van der Waals surface area contributed by atoms with E-state index < -0.39 is 0 Å². The molecule has 3 rings (SSSR count). The summed E-state index contributed by atoms with van der Waals surface area (Å²) in [5, 5.41) is 5.61. The molecule has 0 saturated carbocycles. The van der Waals surface area contributed by atoms with Gasteiger partial charge in [-0.15, -0.1) is 11.8 Å². The average molecular weight is 352 g/mol. The SMILES string of the molecule is CSc1ccccc1NC(=O)c1ccc(NC(=O)c2ccco2)cc1. The fraction of sp³-hybridized carbons (Fsp3) is 0.0526. The Kier molecular flexibility index (Phi) is 5.20. The second-order valence-corrected chi connectivity index (χ2v) is 6.01. The number of carbonyl (C=O) groups excluding carboxylic acids is 2. The Morgan fingerprint density at radius 3 is 2.32 bits per heavy atom. The number of carbonyl (C=O) groups is 2. The zero-order valence-electron chi connectivity index (χ0n) is 13.5. The van der Waals surface area contributed by atoms with E-state index in [0.29, 0.717) is 11.3 Å². The van der Waals surface area contributed by atoms with Gasteiger partial charge in [0.15, 0.2) is 5.76 Å². The molecular formula is C19H16N2O3S. The molecule has 0 aliphatic carbocycles. The number of anilines is 2. The summed E-state index contributed by atoms with van der Waals surface area (Å²) in [5.74, 6) is -0.308. The normalized spacial score (nSPS) is 10.3. The minimum atomic E-state index is -0.337. The number of benzene rings is 2. The highest BCUT2D eigenvalue weighted by molar-refractivity contribution is 7.98. The Labute approximate surface area is 149 Å². The van der Waals surface area contributed by atoms with Crippen LogP contribution in [0.3, 0.4) is 0 Å². The van der Waals surface area contributed by atoms with Crippen molar-refractivity contribution in [3.05, 3.63) is 78.3 Å². The quantitative estimate of drug-likeness (QED) is 0.663. The van der Waals surface area contributed by atoms with Crippen molar-refractivity contribution in [1.82, 2.24) is 0 Å². The molecule has 2 amide bonds. The van der Waals surface area contributed by atoms with Crippen LogP contribution in [-0.4, -0.2) is 18.1 Å². The van der Waals surface area contributed by atoms with Gasteiger partial charge in [-0.2, -0.15) is 0 Å². The van der Waals surface area contributed by atoms with Gasteiger partial charge in [-0.25, -0.2) is 0 Å². The second kappa shape index (κ2) is 7.72. The molecule has 0 aliphatic heterocycles. The highest BCUT2D eigenvalue weighted by atomic mass is 32.2. The van der Waals surface area contributed by atoms with Crippen LogP contribution in [0.1, 0.15) is 20.9 Å². The maximum atomic E-state index is 12.4. The van der Waals surface area contributed by atoms with E-state index in [2.05, 4.69) is 10.6 Å². The van der Waals surface area contributed by atoms with Gasteiger partial charge in [-0.3, -0.25) is 9.59 Å². The van der Waals surface area contributed by atoms with Crippen molar-refractivity contribution < 1.29 is 14.0 Å². The summed E-state index contributed by atoms with van der Waals surface area (Å²) in [4.78, 5) is 25.3. The lowest BCUT2D eigenvalue weighted by molar-refractivity contribution is 0.0995. The first-order valence-corrected chi connectivity index (χ1v) is 8.79. The van der Waals surface area contributed by atoms with Crippen LogP contribution in [0.15, 0.2) is 76.2 Å². The lowest BCUT2D eigenvalue weighted by Gasteiger charge is -2.10. The van der Waals surface area contributed by atoms with Gasteiger partial charge in [0.1, 0.15) is 0 Å². The fourth-order valence-electron chi connectivity index (χ4n) is 2.25. The van der Waals surface area contributed by atoms with E-state index in [4.69, 9.17) is 4.42 Å². The molecule has 0 atom stereocenters. The largest absolute Gasteiger partial charge is 0.459 e. The smallest absolute Gasteiger partial charge is 0.291 e. The maximum absolute atomic E-state index is 12.4. The van der Waals surface area contributed by atoms with E-state index in [0.717, 1.165) is 10.6 Å². The molecule has 0 unspecified atom stereocenters. The number of furan rings is 1. The molecule has 6 heteroatoms. The van der Waals surface area contributed by atoms with Crippen molar-refractivity contribution in [3.8, 4) is 0 Å². The van der Waals surface area contributed by atoms with Crippen LogP contribution in [0.4, 0.5) is 11.4 Å². The van der Waals surface area contributed by atoms with Gasteiger partial charge in [-0.05, 0) is 54.8 Å². The third-order valence-electron chi connectivity index (χ3n) is 3.51. The van der Waals surface area contributed by atoms with Gasteiger partial charge in [0.25, 0.3) is 11.8 Å². The lowest BCUT2D eigenvalue weighted by Crippen LogP contribution is -2.13. The first kappa shape index (κ1) is 16.9. The molecule has 1 aromatic heterocycles. The third-order valence-corrected chi connectivity index (χ3v) is 4.30. The molecule has 126 valence electrons. The first-order chi connectivity index (χ1) is 12.2. The van der Waals surface area contributed by atoms with E-state index in [9.17, 15) is 9.59 Å². The Hall–Kier alpha value is -2.99. The topological polar surface area (TPSA) is 71.3 Å². The van der Waals surface area contributed by atoms with E-state index in [1.165, 1.54) is 6.26 Å². The highest BCUT2D eigenvalue weighted by Crippen LogP contribution is 2.25. The summed E-state index contributed by atoms with van der Waals surface area (Å²) >= 11 is 1.57. The molecule has 2 N–H and O–H groups in total. The standard InChI is InChI=1S/C19H16N2O3S/c1-25-17-7-3-2-5-15(17)21-18(22)13-8-10-14(11-9-13)20-19(23)16-6-4-12-24-16/h2-12H,1H3,(H,20,23)(H,21,22). The highest BCUT2D eigenvalue weighted by Gasteiger charge is 2.11. The molecule has 0 saturated heterocycles. The molecule has 0 fully saturated rings. The van der Waals surface area contributed by atoms with E-state index in [1.807, 2.05) is 30.5 Å². The van der Waals surface area contributed by atoms with Crippen molar-refractivity contribution in [1.29, 1.82) is 0 Å². The van der Waals surface area contributed by atoms with E-state index >= 15 is 0 Å². The van der Waals surface area contributed by atoms with Gasteiger partial charge in [0.05, 0.1) is 12.0 Å². The summed E-state index contributed by atoms with van der Waals surface area (Å²) in [5.41, 5.74) is 1.87. The van der Waals surface area contributed by atoms with Crippen molar-refractivity contribution >= 4 is 35.0 Å². The number of amides is 2. The van der Waals surface area contributed by atoms with Crippen LogP contribution in [0.25, 0.3) is 0 Å². The minimum absolute atomic E-state index is 0.203. The molecule has 3 aromatic rings. The van der Waals surface area contributed by atoms with E-state index in [1.54, 1.807) is 48.2 Å². The Morgan fingerprint density at radius 1 is 0.880 bits per heavy atom. The third kappa shape index (κ3) is 4.10. The summed E-state index contributed by atoms with van der Waals surface area (Å²) in [7, 11) is 0. The number of rotatable bonds is 5. The maximum Gasteiger partial charge on any atom is 0.291 e. The number of hydrogen-bond acceptors (Lipinski definition) is 4. The van der Waals surface area contributed by atoms with Gasteiger partial charge >= 0.3 is 0 Å². The summed E-state index contributed by atoms with van der Waals surface area (Å²) in [6, 6.07) is 17.5. The van der Waals surface area contributed by atoms with Crippen molar-refractivity contribution in [2.75, 3.05) is 16.9 Å². The van der Waals surface area contributed by atoms with Gasteiger partial charge < -0.3 is 15.1 Å². The van der Waals surface area contributed by atoms with Crippen LogP contribution in [0.2, 0.25) is 0 Å².